The molecule has 0 saturated heterocycles. The summed E-state index contributed by atoms with van der Waals surface area (Å²) in [5.74, 6) is 5.25. The highest BCUT2D eigenvalue weighted by Gasteiger charge is 2.22. The number of hydrogen-bond donors (Lipinski definition) is 1. The quantitative estimate of drug-likeness (QED) is 0.815. The van der Waals surface area contributed by atoms with Crippen molar-refractivity contribution >= 4 is 10.0 Å². The highest BCUT2D eigenvalue weighted by Crippen LogP contribution is 2.17. The third-order valence-electron chi connectivity index (χ3n) is 2.73. The van der Waals surface area contributed by atoms with Crippen molar-refractivity contribution in [3.8, 4) is 11.8 Å². The van der Waals surface area contributed by atoms with E-state index in [0.29, 0.717) is 18.7 Å². The number of hydrogen-bond acceptors (Lipinski definition) is 3. The fourth-order valence-electron chi connectivity index (χ4n) is 1.88. The van der Waals surface area contributed by atoms with Gasteiger partial charge in [0.05, 0.1) is 4.90 Å². The third-order valence-corrected chi connectivity index (χ3v) is 4.62. The van der Waals surface area contributed by atoms with Gasteiger partial charge in [0.25, 0.3) is 0 Å². The lowest BCUT2D eigenvalue weighted by Crippen LogP contribution is -2.32. The van der Waals surface area contributed by atoms with Crippen molar-refractivity contribution in [2.24, 2.45) is 0 Å². The molecule has 1 aromatic rings. The van der Waals surface area contributed by atoms with Gasteiger partial charge in [0.1, 0.15) is 6.61 Å². The number of sulfonamides is 1. The van der Waals surface area contributed by atoms with Gasteiger partial charge in [-0.15, -0.1) is 0 Å². The van der Waals surface area contributed by atoms with Crippen molar-refractivity contribution < 1.29 is 13.5 Å². The molecule has 1 rings (SSSR count). The average Bonchev–Trinajstić information content (AvgIpc) is 2.45. The molecule has 0 saturated carbocycles. The van der Waals surface area contributed by atoms with Crippen LogP contribution in [0.1, 0.15) is 32.3 Å². The lowest BCUT2D eigenvalue weighted by molar-refractivity contribution is 0.350. The normalized spacial score (nSPS) is 11.2. The highest BCUT2D eigenvalue weighted by molar-refractivity contribution is 7.89. The molecule has 0 aromatic heterocycles. The molecule has 4 nitrogen and oxygen atoms in total. The van der Waals surface area contributed by atoms with E-state index in [1.165, 1.54) is 4.31 Å². The first kappa shape index (κ1) is 16.7. The molecular weight excluding hydrogens is 274 g/mol. The van der Waals surface area contributed by atoms with Gasteiger partial charge in [-0.3, -0.25) is 0 Å². The minimum Gasteiger partial charge on any atom is -0.384 e. The number of rotatable bonds is 6. The summed E-state index contributed by atoms with van der Waals surface area (Å²) in [7, 11) is -3.47. The van der Waals surface area contributed by atoms with Gasteiger partial charge in [0.15, 0.2) is 0 Å². The second-order valence-electron chi connectivity index (χ2n) is 4.39. The van der Waals surface area contributed by atoms with Crippen LogP contribution in [0.2, 0.25) is 0 Å². The van der Waals surface area contributed by atoms with Crippen LogP contribution in [0.3, 0.4) is 0 Å². The SMILES string of the molecule is CCCN(CCC)S(=O)(=O)c1cccc(C#CCO)c1. The van der Waals surface area contributed by atoms with Gasteiger partial charge < -0.3 is 5.11 Å². The molecule has 0 spiro atoms. The summed E-state index contributed by atoms with van der Waals surface area (Å²) in [6, 6.07) is 6.53. The molecule has 0 aliphatic rings. The molecule has 0 fully saturated rings. The van der Waals surface area contributed by atoms with E-state index in [2.05, 4.69) is 11.8 Å². The minimum atomic E-state index is -3.47. The van der Waals surface area contributed by atoms with Crippen LogP contribution in [-0.2, 0) is 10.0 Å². The molecule has 1 N–H and O–H groups in total. The van der Waals surface area contributed by atoms with E-state index in [-0.39, 0.29) is 11.5 Å². The second-order valence-corrected chi connectivity index (χ2v) is 6.33. The summed E-state index contributed by atoms with van der Waals surface area (Å²) >= 11 is 0. The Kier molecular flexibility index (Phi) is 6.73. The molecule has 0 aliphatic carbocycles. The van der Waals surface area contributed by atoms with Crippen molar-refractivity contribution in [1.82, 2.24) is 4.31 Å². The molecule has 1 aromatic carbocycles. The van der Waals surface area contributed by atoms with Crippen molar-refractivity contribution in [2.45, 2.75) is 31.6 Å². The van der Waals surface area contributed by atoms with Crippen LogP contribution in [0.15, 0.2) is 29.2 Å². The van der Waals surface area contributed by atoms with Crippen LogP contribution in [0, 0.1) is 11.8 Å². The zero-order valence-electron chi connectivity index (χ0n) is 12.0. The van der Waals surface area contributed by atoms with Crippen LogP contribution in [0.5, 0.6) is 0 Å². The molecule has 20 heavy (non-hydrogen) atoms. The predicted molar refractivity (Wildman–Crippen MR) is 79.7 cm³/mol. The fraction of sp³-hybridized carbons (Fsp3) is 0.467. The van der Waals surface area contributed by atoms with E-state index in [1.807, 2.05) is 13.8 Å². The summed E-state index contributed by atoms with van der Waals surface area (Å²) in [5, 5.41) is 8.68. The maximum absolute atomic E-state index is 12.6. The Morgan fingerprint density at radius 1 is 1.20 bits per heavy atom. The summed E-state index contributed by atoms with van der Waals surface area (Å²) in [6.45, 7) is 4.71. The Labute approximate surface area is 121 Å². The maximum atomic E-state index is 12.6. The molecule has 0 heterocycles. The number of aliphatic hydroxyl groups excluding tert-OH is 1. The van der Waals surface area contributed by atoms with Gasteiger partial charge in [-0.05, 0) is 31.0 Å². The van der Waals surface area contributed by atoms with Crippen molar-refractivity contribution in [1.29, 1.82) is 0 Å². The highest BCUT2D eigenvalue weighted by atomic mass is 32.2. The topological polar surface area (TPSA) is 57.6 Å². The van der Waals surface area contributed by atoms with Crippen LogP contribution >= 0.6 is 0 Å². The van der Waals surface area contributed by atoms with E-state index >= 15 is 0 Å². The maximum Gasteiger partial charge on any atom is 0.243 e. The third kappa shape index (κ3) is 4.34. The first-order chi connectivity index (χ1) is 9.56. The first-order valence-electron chi connectivity index (χ1n) is 6.76. The lowest BCUT2D eigenvalue weighted by Gasteiger charge is -2.21. The molecule has 0 amide bonds. The van der Waals surface area contributed by atoms with Crippen LogP contribution in [0.4, 0.5) is 0 Å². The van der Waals surface area contributed by atoms with Crippen LogP contribution < -0.4 is 0 Å². The van der Waals surface area contributed by atoms with Gasteiger partial charge in [-0.2, -0.15) is 4.31 Å². The van der Waals surface area contributed by atoms with Gasteiger partial charge in [-0.25, -0.2) is 8.42 Å². The van der Waals surface area contributed by atoms with Crippen molar-refractivity contribution in [3.05, 3.63) is 29.8 Å². The van der Waals surface area contributed by atoms with Gasteiger partial charge in [0.2, 0.25) is 10.0 Å². The van der Waals surface area contributed by atoms with E-state index in [9.17, 15) is 8.42 Å². The van der Waals surface area contributed by atoms with E-state index < -0.39 is 10.0 Å². The molecule has 0 atom stereocenters. The Morgan fingerprint density at radius 2 is 1.85 bits per heavy atom. The van der Waals surface area contributed by atoms with Crippen LogP contribution in [-0.4, -0.2) is 37.5 Å². The second kappa shape index (κ2) is 8.05. The average molecular weight is 295 g/mol. The van der Waals surface area contributed by atoms with Gasteiger partial charge in [-0.1, -0.05) is 31.8 Å². The Balaban J connectivity index is 3.13. The Hall–Kier alpha value is -1.35. The van der Waals surface area contributed by atoms with Crippen LogP contribution in [0.25, 0.3) is 0 Å². The molecule has 0 unspecified atom stereocenters. The molecule has 0 radical (unpaired) electrons. The molecular formula is C15H21NO3S. The van der Waals surface area contributed by atoms with E-state index in [1.54, 1.807) is 24.3 Å². The van der Waals surface area contributed by atoms with Gasteiger partial charge in [0, 0.05) is 18.7 Å². The zero-order valence-corrected chi connectivity index (χ0v) is 12.8. The van der Waals surface area contributed by atoms with E-state index in [4.69, 9.17) is 5.11 Å². The number of benzene rings is 1. The molecule has 0 aliphatic heterocycles. The predicted octanol–water partition coefficient (Wildman–Crippen LogP) is 1.84. The van der Waals surface area contributed by atoms with Gasteiger partial charge >= 0.3 is 0 Å². The number of nitrogens with zero attached hydrogens (tertiary/aromatic N) is 1. The van der Waals surface area contributed by atoms with Crippen molar-refractivity contribution in [3.63, 3.8) is 0 Å². The minimum absolute atomic E-state index is 0.241. The monoisotopic (exact) mass is 295 g/mol. The molecule has 0 bridgehead atoms. The molecule has 5 heteroatoms. The Bertz CT molecular complexity index is 579. The standard InChI is InChI=1S/C15H21NO3S/c1-3-10-16(11-4-2)20(18,19)15-9-5-7-14(13-15)8-6-12-17/h5,7,9,13,17H,3-4,10-12H2,1-2H3. The Morgan fingerprint density at radius 3 is 2.40 bits per heavy atom. The summed E-state index contributed by atoms with van der Waals surface area (Å²) in [4.78, 5) is 0.254. The first-order valence-corrected chi connectivity index (χ1v) is 8.20. The zero-order chi connectivity index (χ0) is 15.0. The molecule has 110 valence electrons. The lowest BCUT2D eigenvalue weighted by atomic mass is 10.2. The smallest absolute Gasteiger partial charge is 0.243 e. The largest absolute Gasteiger partial charge is 0.384 e. The fourth-order valence-corrected chi connectivity index (χ4v) is 3.55. The summed E-state index contributed by atoms with van der Waals surface area (Å²) in [6.07, 6.45) is 1.56. The summed E-state index contributed by atoms with van der Waals surface area (Å²) < 4.78 is 26.6. The van der Waals surface area contributed by atoms with Crippen molar-refractivity contribution in [2.75, 3.05) is 19.7 Å². The number of aliphatic hydroxyl groups is 1. The van der Waals surface area contributed by atoms with E-state index in [0.717, 1.165) is 12.8 Å². The summed E-state index contributed by atoms with van der Waals surface area (Å²) in [5.41, 5.74) is 0.591.